The van der Waals surface area contributed by atoms with E-state index in [9.17, 15) is 4.79 Å². The molecule has 3 N–H and O–H groups in total. The summed E-state index contributed by atoms with van der Waals surface area (Å²) in [6.07, 6.45) is 0.320. The molecule has 0 amide bonds. The summed E-state index contributed by atoms with van der Waals surface area (Å²) >= 11 is 5.98. The highest BCUT2D eigenvalue weighted by molar-refractivity contribution is 6.32. The topological polar surface area (TPSA) is 72.5 Å². The van der Waals surface area contributed by atoms with Crippen LogP contribution in [0.15, 0.2) is 18.2 Å². The van der Waals surface area contributed by atoms with E-state index in [1.165, 1.54) is 0 Å². The highest BCUT2D eigenvalue weighted by Crippen LogP contribution is 2.27. The zero-order valence-electron chi connectivity index (χ0n) is 9.65. The number of carboxylic acids is 1. The zero-order valence-corrected chi connectivity index (χ0v) is 10.4. The van der Waals surface area contributed by atoms with Gasteiger partial charge in [0, 0.05) is 6.54 Å². The van der Waals surface area contributed by atoms with Gasteiger partial charge in [0.2, 0.25) is 0 Å². The number of hydrogen-bond donors (Lipinski definition) is 2. The van der Waals surface area contributed by atoms with Crippen molar-refractivity contribution in [3.05, 3.63) is 28.8 Å². The molecule has 1 aromatic carbocycles. The molecule has 1 unspecified atom stereocenters. The summed E-state index contributed by atoms with van der Waals surface area (Å²) in [4.78, 5) is 10.9. The van der Waals surface area contributed by atoms with E-state index in [0.717, 1.165) is 12.0 Å². The first-order valence-electron chi connectivity index (χ1n) is 5.46. The molecular weight excluding hydrogens is 242 g/mol. The fourth-order valence-electron chi connectivity index (χ4n) is 1.42. The Kier molecular flexibility index (Phi) is 5.25. The predicted molar refractivity (Wildman–Crippen MR) is 66.3 cm³/mol. The molecule has 1 atom stereocenters. The van der Waals surface area contributed by atoms with E-state index in [0.29, 0.717) is 23.7 Å². The SMILES string of the molecule is CCCC(Oc1ccc(CN)cc1Cl)C(=O)O. The third-order valence-electron chi connectivity index (χ3n) is 2.33. The number of halogens is 1. The van der Waals surface area contributed by atoms with Gasteiger partial charge in [-0.3, -0.25) is 0 Å². The molecule has 0 aliphatic heterocycles. The number of nitrogens with two attached hydrogens (primary N) is 1. The van der Waals surface area contributed by atoms with Crippen molar-refractivity contribution < 1.29 is 14.6 Å². The minimum atomic E-state index is -0.981. The highest BCUT2D eigenvalue weighted by Gasteiger charge is 2.19. The van der Waals surface area contributed by atoms with Crippen molar-refractivity contribution in [2.45, 2.75) is 32.4 Å². The fraction of sp³-hybridized carbons (Fsp3) is 0.417. The van der Waals surface area contributed by atoms with Crippen LogP contribution in [-0.2, 0) is 11.3 Å². The Morgan fingerprint density at radius 2 is 2.29 bits per heavy atom. The van der Waals surface area contributed by atoms with Crippen molar-refractivity contribution in [1.82, 2.24) is 0 Å². The average molecular weight is 258 g/mol. The predicted octanol–water partition coefficient (Wildman–Crippen LogP) is 2.43. The van der Waals surface area contributed by atoms with Gasteiger partial charge in [-0.25, -0.2) is 4.79 Å². The van der Waals surface area contributed by atoms with Crippen LogP contribution in [0.2, 0.25) is 5.02 Å². The number of hydrogen-bond acceptors (Lipinski definition) is 3. The summed E-state index contributed by atoms with van der Waals surface area (Å²) in [5.74, 6) is -0.601. The number of benzene rings is 1. The van der Waals surface area contributed by atoms with Gasteiger partial charge in [0.05, 0.1) is 5.02 Å². The van der Waals surface area contributed by atoms with Gasteiger partial charge < -0.3 is 15.6 Å². The van der Waals surface area contributed by atoms with E-state index in [2.05, 4.69) is 0 Å². The standard InChI is InChI=1S/C12H16ClNO3/c1-2-3-11(12(15)16)17-10-5-4-8(7-14)6-9(10)13/h4-6,11H,2-3,7,14H2,1H3,(H,15,16). The molecule has 0 saturated carbocycles. The van der Waals surface area contributed by atoms with Crippen molar-refractivity contribution in [3.63, 3.8) is 0 Å². The van der Waals surface area contributed by atoms with Crippen LogP contribution in [0.1, 0.15) is 25.3 Å². The molecule has 5 heteroatoms. The lowest BCUT2D eigenvalue weighted by atomic mass is 10.2. The largest absolute Gasteiger partial charge is 0.479 e. The van der Waals surface area contributed by atoms with Gasteiger partial charge in [-0.15, -0.1) is 0 Å². The molecule has 0 saturated heterocycles. The molecule has 0 aromatic heterocycles. The molecule has 0 aliphatic carbocycles. The second-order valence-corrected chi connectivity index (χ2v) is 4.11. The van der Waals surface area contributed by atoms with Crippen LogP contribution in [0, 0.1) is 0 Å². The molecule has 1 aromatic rings. The van der Waals surface area contributed by atoms with E-state index in [4.69, 9.17) is 27.2 Å². The number of aliphatic carboxylic acids is 1. The van der Waals surface area contributed by atoms with Crippen molar-refractivity contribution in [2.24, 2.45) is 5.73 Å². The molecule has 0 radical (unpaired) electrons. The number of rotatable bonds is 6. The molecule has 0 heterocycles. The molecule has 1 rings (SSSR count). The molecule has 0 aliphatic rings. The minimum Gasteiger partial charge on any atom is -0.479 e. The van der Waals surface area contributed by atoms with Crippen LogP contribution < -0.4 is 10.5 Å². The first-order valence-corrected chi connectivity index (χ1v) is 5.84. The second kappa shape index (κ2) is 6.47. The maximum absolute atomic E-state index is 10.9. The molecule has 94 valence electrons. The lowest BCUT2D eigenvalue weighted by molar-refractivity contribution is -0.145. The van der Waals surface area contributed by atoms with Crippen LogP contribution in [0.5, 0.6) is 5.75 Å². The van der Waals surface area contributed by atoms with Gasteiger partial charge in [0.15, 0.2) is 6.10 Å². The van der Waals surface area contributed by atoms with Gasteiger partial charge in [0.25, 0.3) is 0 Å². The molecule has 0 bridgehead atoms. The van der Waals surface area contributed by atoms with Crippen molar-refractivity contribution in [2.75, 3.05) is 0 Å². The summed E-state index contributed by atoms with van der Waals surface area (Å²) in [7, 11) is 0. The fourth-order valence-corrected chi connectivity index (χ4v) is 1.66. The van der Waals surface area contributed by atoms with Crippen molar-refractivity contribution >= 4 is 17.6 Å². The normalized spacial score (nSPS) is 12.2. The zero-order chi connectivity index (χ0) is 12.8. The Balaban J connectivity index is 2.82. The summed E-state index contributed by atoms with van der Waals surface area (Å²) in [6, 6.07) is 5.10. The van der Waals surface area contributed by atoms with Crippen molar-refractivity contribution in [1.29, 1.82) is 0 Å². The monoisotopic (exact) mass is 257 g/mol. The number of ether oxygens (including phenoxy) is 1. The Bertz CT molecular complexity index is 395. The van der Waals surface area contributed by atoms with E-state index < -0.39 is 12.1 Å². The molecular formula is C12H16ClNO3. The van der Waals surface area contributed by atoms with Gasteiger partial charge in [-0.2, -0.15) is 0 Å². The van der Waals surface area contributed by atoms with Crippen LogP contribution in [0.25, 0.3) is 0 Å². The molecule has 4 nitrogen and oxygen atoms in total. The Labute approximate surface area is 105 Å². The van der Waals surface area contributed by atoms with Crippen LogP contribution in [-0.4, -0.2) is 17.2 Å². The average Bonchev–Trinajstić information content (AvgIpc) is 2.30. The summed E-state index contributed by atoms with van der Waals surface area (Å²) < 4.78 is 5.37. The van der Waals surface area contributed by atoms with E-state index in [-0.39, 0.29) is 0 Å². The maximum Gasteiger partial charge on any atom is 0.344 e. The Morgan fingerprint density at radius 1 is 1.59 bits per heavy atom. The maximum atomic E-state index is 10.9. The summed E-state index contributed by atoms with van der Waals surface area (Å²) in [6.45, 7) is 2.29. The third-order valence-corrected chi connectivity index (χ3v) is 2.62. The number of carbonyl (C=O) groups is 1. The summed E-state index contributed by atoms with van der Waals surface area (Å²) in [5, 5.41) is 9.35. The first-order chi connectivity index (χ1) is 8.08. The minimum absolute atomic E-state index is 0.379. The van der Waals surface area contributed by atoms with Crippen LogP contribution >= 0.6 is 11.6 Å². The Hall–Kier alpha value is -1.26. The quantitative estimate of drug-likeness (QED) is 0.821. The molecule has 17 heavy (non-hydrogen) atoms. The van der Waals surface area contributed by atoms with E-state index in [1.807, 2.05) is 6.92 Å². The smallest absolute Gasteiger partial charge is 0.344 e. The third kappa shape index (κ3) is 3.91. The lowest BCUT2D eigenvalue weighted by Crippen LogP contribution is -2.26. The van der Waals surface area contributed by atoms with Crippen LogP contribution in [0.4, 0.5) is 0 Å². The van der Waals surface area contributed by atoms with Crippen molar-refractivity contribution in [3.8, 4) is 5.75 Å². The lowest BCUT2D eigenvalue weighted by Gasteiger charge is -2.15. The Morgan fingerprint density at radius 3 is 2.76 bits per heavy atom. The summed E-state index contributed by atoms with van der Waals surface area (Å²) in [5.41, 5.74) is 6.35. The second-order valence-electron chi connectivity index (χ2n) is 3.70. The molecule has 0 fully saturated rings. The van der Waals surface area contributed by atoms with Gasteiger partial charge in [0.1, 0.15) is 5.75 Å². The first kappa shape index (κ1) is 13.8. The van der Waals surface area contributed by atoms with Crippen LogP contribution in [0.3, 0.4) is 0 Å². The van der Waals surface area contributed by atoms with E-state index >= 15 is 0 Å². The number of carboxylic acid groups (broad SMARTS) is 1. The highest BCUT2D eigenvalue weighted by atomic mass is 35.5. The van der Waals surface area contributed by atoms with Gasteiger partial charge in [-0.1, -0.05) is 31.0 Å². The van der Waals surface area contributed by atoms with E-state index in [1.54, 1.807) is 18.2 Å². The van der Waals surface area contributed by atoms with Gasteiger partial charge >= 0.3 is 5.97 Å². The van der Waals surface area contributed by atoms with Gasteiger partial charge in [-0.05, 0) is 24.1 Å². The molecule has 0 spiro atoms.